The number of hydrogen-bond donors (Lipinski definition) is 1. The highest BCUT2D eigenvalue weighted by Gasteiger charge is 2.34. The second-order valence-corrected chi connectivity index (χ2v) is 6.99. The van der Waals surface area contributed by atoms with Crippen LogP contribution in [0, 0.1) is 12.9 Å². The van der Waals surface area contributed by atoms with Crippen molar-refractivity contribution < 1.29 is 9.18 Å². The van der Waals surface area contributed by atoms with Crippen LogP contribution in [-0.4, -0.2) is 53.3 Å². The van der Waals surface area contributed by atoms with Gasteiger partial charge in [0.15, 0.2) is 0 Å². The predicted octanol–water partition coefficient (Wildman–Crippen LogP) is 1.29. The van der Waals surface area contributed by atoms with Gasteiger partial charge < -0.3 is 4.90 Å². The molecule has 4 aromatic heterocycles. The normalized spacial score (nSPS) is 14.3. The van der Waals surface area contributed by atoms with E-state index in [0.717, 1.165) is 5.56 Å². The molecule has 1 aliphatic heterocycles. The zero-order valence-electron chi connectivity index (χ0n) is 15.4. The van der Waals surface area contributed by atoms with Crippen LogP contribution >= 0.6 is 0 Å². The molecule has 1 aliphatic rings. The molecular formula is C19H16FN7O2. The molecule has 0 saturated carbocycles. The fourth-order valence-electron chi connectivity index (χ4n) is 3.56. The summed E-state index contributed by atoms with van der Waals surface area (Å²) in [4.78, 5) is 33.0. The largest absolute Gasteiger partial charge is 0.337 e. The Hall–Kier alpha value is -3.82. The average molecular weight is 393 g/mol. The number of halogens is 1. The lowest BCUT2D eigenvalue weighted by molar-refractivity contribution is 0.0601. The predicted molar refractivity (Wildman–Crippen MR) is 101 cm³/mol. The molecule has 0 spiro atoms. The summed E-state index contributed by atoms with van der Waals surface area (Å²) in [5.41, 5.74) is 1.96. The molecule has 5 rings (SSSR count). The maximum atomic E-state index is 13.3. The molecule has 10 heteroatoms. The van der Waals surface area contributed by atoms with Crippen molar-refractivity contribution in [3.05, 3.63) is 76.0 Å². The van der Waals surface area contributed by atoms with Gasteiger partial charge in [0.1, 0.15) is 5.52 Å². The van der Waals surface area contributed by atoms with Crippen LogP contribution in [0.15, 0.2) is 47.7 Å². The van der Waals surface area contributed by atoms with E-state index in [1.165, 1.54) is 27.7 Å². The third-order valence-electron chi connectivity index (χ3n) is 5.22. The minimum Gasteiger partial charge on any atom is -0.337 e. The van der Waals surface area contributed by atoms with E-state index >= 15 is 0 Å². The van der Waals surface area contributed by atoms with Crippen LogP contribution in [0.1, 0.15) is 27.5 Å². The molecule has 146 valence electrons. The Kier molecular flexibility index (Phi) is 3.79. The number of nitrogens with zero attached hydrogens (tertiary/aromatic N) is 6. The van der Waals surface area contributed by atoms with E-state index in [-0.39, 0.29) is 23.3 Å². The third-order valence-corrected chi connectivity index (χ3v) is 5.22. The van der Waals surface area contributed by atoms with Gasteiger partial charge in [-0.25, -0.2) is 14.2 Å². The molecule has 1 fully saturated rings. The molecule has 0 bridgehead atoms. The van der Waals surface area contributed by atoms with Crippen molar-refractivity contribution in [1.29, 1.82) is 0 Å². The van der Waals surface area contributed by atoms with Crippen molar-refractivity contribution in [3.8, 4) is 5.95 Å². The lowest BCUT2D eigenvalue weighted by Gasteiger charge is -2.39. The highest BCUT2D eigenvalue weighted by molar-refractivity contribution is 5.95. The van der Waals surface area contributed by atoms with Crippen LogP contribution in [0.3, 0.4) is 0 Å². The van der Waals surface area contributed by atoms with Crippen LogP contribution in [0.5, 0.6) is 0 Å². The molecule has 1 N–H and O–H groups in total. The number of H-pyrrole nitrogens is 1. The number of likely N-dealkylation sites (tertiary alicyclic amines) is 1. The summed E-state index contributed by atoms with van der Waals surface area (Å²) < 4.78 is 16.2. The van der Waals surface area contributed by atoms with E-state index in [2.05, 4.69) is 20.2 Å². The first kappa shape index (κ1) is 17.3. The fraction of sp³-hybridized carbons (Fsp3) is 0.211. The first-order valence-electron chi connectivity index (χ1n) is 9.04. The fourth-order valence-corrected chi connectivity index (χ4v) is 3.56. The van der Waals surface area contributed by atoms with E-state index in [1.807, 2.05) is 0 Å². The van der Waals surface area contributed by atoms with Crippen LogP contribution < -0.4 is 5.56 Å². The second kappa shape index (κ2) is 6.36. The Labute approximate surface area is 163 Å². The van der Waals surface area contributed by atoms with E-state index in [4.69, 9.17) is 0 Å². The number of aromatic amines is 1. The molecule has 0 aliphatic carbocycles. The molecule has 1 saturated heterocycles. The maximum Gasteiger partial charge on any atom is 0.276 e. The third kappa shape index (κ3) is 2.80. The summed E-state index contributed by atoms with van der Waals surface area (Å²) in [6.07, 6.45) is 4.57. The van der Waals surface area contributed by atoms with Gasteiger partial charge in [0, 0.05) is 31.4 Å². The van der Waals surface area contributed by atoms with Gasteiger partial charge in [-0.15, -0.1) is 5.10 Å². The summed E-state index contributed by atoms with van der Waals surface area (Å²) in [7, 11) is 0. The van der Waals surface area contributed by atoms with Crippen LogP contribution in [0.4, 0.5) is 4.39 Å². The van der Waals surface area contributed by atoms with Crippen molar-refractivity contribution in [3.63, 3.8) is 0 Å². The monoisotopic (exact) mass is 393 g/mol. The van der Waals surface area contributed by atoms with Gasteiger partial charge in [-0.3, -0.25) is 14.6 Å². The minimum atomic E-state index is -0.523. The summed E-state index contributed by atoms with van der Waals surface area (Å²) >= 11 is 0. The van der Waals surface area contributed by atoms with Gasteiger partial charge in [0.25, 0.3) is 11.5 Å². The number of amides is 1. The Bertz CT molecular complexity index is 1300. The average Bonchev–Trinajstić information content (AvgIpc) is 3.27. The minimum absolute atomic E-state index is 0.0842. The molecular weight excluding hydrogens is 377 g/mol. The van der Waals surface area contributed by atoms with Crippen molar-refractivity contribution >= 4 is 11.4 Å². The molecule has 0 radical (unpaired) electrons. The van der Waals surface area contributed by atoms with Gasteiger partial charge in [0.2, 0.25) is 11.9 Å². The Balaban J connectivity index is 1.38. The number of fused-ring (bicyclic) bond motifs is 1. The zero-order valence-corrected chi connectivity index (χ0v) is 15.4. The molecule has 0 unspecified atom stereocenters. The number of rotatable bonds is 3. The summed E-state index contributed by atoms with van der Waals surface area (Å²) in [5, 5.41) is 8.57. The molecule has 4 aromatic rings. The standard InChI is InChI=1S/C19H16FN7O2/c1-11-14(18(29)25-9-13(10-25)12-4-5-21-16(20)7-12)8-22-27(11)19-23-17(28)15-3-2-6-26(15)24-19/h2-8,13H,9-10H2,1H3,(H,23,24,28). The summed E-state index contributed by atoms with van der Waals surface area (Å²) in [6, 6.07) is 6.55. The molecule has 9 nitrogen and oxygen atoms in total. The number of pyridine rings is 1. The van der Waals surface area contributed by atoms with Gasteiger partial charge in [-0.05, 0) is 36.8 Å². The summed E-state index contributed by atoms with van der Waals surface area (Å²) in [6.45, 7) is 2.74. The van der Waals surface area contributed by atoms with Gasteiger partial charge >= 0.3 is 0 Å². The number of carbonyl (C=O) groups is 1. The van der Waals surface area contributed by atoms with Crippen molar-refractivity contribution in [2.24, 2.45) is 0 Å². The Morgan fingerprint density at radius 2 is 2.14 bits per heavy atom. The van der Waals surface area contributed by atoms with Crippen molar-refractivity contribution in [2.45, 2.75) is 12.8 Å². The molecule has 5 heterocycles. The topological polar surface area (TPSA) is 101 Å². The second-order valence-electron chi connectivity index (χ2n) is 6.99. The highest BCUT2D eigenvalue weighted by Crippen LogP contribution is 2.29. The first-order valence-corrected chi connectivity index (χ1v) is 9.04. The number of carbonyl (C=O) groups excluding carboxylic acids is 1. The van der Waals surface area contributed by atoms with Crippen LogP contribution in [0.25, 0.3) is 11.5 Å². The highest BCUT2D eigenvalue weighted by atomic mass is 19.1. The van der Waals surface area contributed by atoms with E-state index < -0.39 is 5.95 Å². The SMILES string of the molecule is Cc1c(C(=O)N2CC(c3ccnc(F)c3)C2)cnn1-c1nn2cccc2c(=O)[nH]1. The van der Waals surface area contributed by atoms with Gasteiger partial charge in [0.05, 0.1) is 17.5 Å². The molecule has 0 aromatic carbocycles. The maximum absolute atomic E-state index is 13.3. The van der Waals surface area contributed by atoms with Crippen LogP contribution in [0.2, 0.25) is 0 Å². The first-order chi connectivity index (χ1) is 14.0. The number of aromatic nitrogens is 6. The Morgan fingerprint density at radius 3 is 2.93 bits per heavy atom. The number of nitrogens with one attached hydrogen (secondary N) is 1. The van der Waals surface area contributed by atoms with Crippen molar-refractivity contribution in [1.82, 2.24) is 34.3 Å². The van der Waals surface area contributed by atoms with E-state index in [0.29, 0.717) is 29.9 Å². The lowest BCUT2D eigenvalue weighted by atomic mass is 9.91. The van der Waals surface area contributed by atoms with Gasteiger partial charge in [-0.1, -0.05) is 0 Å². The lowest BCUT2D eigenvalue weighted by Crippen LogP contribution is -2.48. The van der Waals surface area contributed by atoms with Gasteiger partial charge in [-0.2, -0.15) is 9.49 Å². The zero-order chi connectivity index (χ0) is 20.1. The molecule has 1 amide bonds. The quantitative estimate of drug-likeness (QED) is 0.529. The van der Waals surface area contributed by atoms with E-state index in [9.17, 15) is 14.0 Å². The smallest absolute Gasteiger partial charge is 0.276 e. The van der Waals surface area contributed by atoms with Crippen molar-refractivity contribution in [2.75, 3.05) is 13.1 Å². The molecule has 0 atom stereocenters. The summed E-state index contributed by atoms with van der Waals surface area (Å²) in [5.74, 6) is -0.376. The Morgan fingerprint density at radius 1 is 1.31 bits per heavy atom. The molecule has 29 heavy (non-hydrogen) atoms. The van der Waals surface area contributed by atoms with E-state index in [1.54, 1.807) is 36.2 Å². The number of hydrogen-bond acceptors (Lipinski definition) is 5. The van der Waals surface area contributed by atoms with Crippen LogP contribution in [-0.2, 0) is 0 Å².